The van der Waals surface area contributed by atoms with Crippen molar-refractivity contribution < 1.29 is 0 Å². The first kappa shape index (κ1) is 7.79. The van der Waals surface area contributed by atoms with E-state index in [9.17, 15) is 4.79 Å². The van der Waals surface area contributed by atoms with Gasteiger partial charge >= 0.3 is 0 Å². The maximum atomic E-state index is 11.3. The molecule has 4 nitrogen and oxygen atoms in total. The van der Waals surface area contributed by atoms with E-state index in [2.05, 4.69) is 9.97 Å². The Labute approximate surface area is 74.4 Å². The highest BCUT2D eigenvalue weighted by Gasteiger charge is 2.01. The summed E-state index contributed by atoms with van der Waals surface area (Å²) in [5, 5.41) is 0.533. The fourth-order valence-electron chi connectivity index (χ4n) is 1.24. The summed E-state index contributed by atoms with van der Waals surface area (Å²) in [4.78, 5) is 17.8. The van der Waals surface area contributed by atoms with E-state index in [-0.39, 0.29) is 5.56 Å². The lowest BCUT2D eigenvalue weighted by Gasteiger charge is -2.00. The Kier molecular flexibility index (Phi) is 1.55. The van der Waals surface area contributed by atoms with Crippen LogP contribution in [0.3, 0.4) is 0 Å². The van der Waals surface area contributed by atoms with Crippen LogP contribution in [-0.2, 0) is 0 Å². The Balaban J connectivity index is 2.97. The summed E-state index contributed by atoms with van der Waals surface area (Å²) in [5.74, 6) is 0. The molecule has 2 rings (SSSR count). The van der Waals surface area contributed by atoms with E-state index < -0.39 is 0 Å². The second-order valence-corrected chi connectivity index (χ2v) is 2.96. The van der Waals surface area contributed by atoms with Crippen LogP contribution in [-0.4, -0.2) is 9.97 Å². The quantitative estimate of drug-likeness (QED) is 0.582. The molecule has 0 saturated carbocycles. The molecule has 1 aromatic heterocycles. The fraction of sp³-hybridized carbons (Fsp3) is 0.111. The second-order valence-electron chi connectivity index (χ2n) is 2.96. The first-order valence-electron chi connectivity index (χ1n) is 3.92. The van der Waals surface area contributed by atoms with Crippen LogP contribution in [0.5, 0.6) is 0 Å². The molecule has 2 aromatic rings. The largest absolute Gasteiger partial charge is 0.398 e. The van der Waals surface area contributed by atoms with Gasteiger partial charge in [-0.3, -0.25) is 4.79 Å². The highest BCUT2D eigenvalue weighted by atomic mass is 16.1. The number of nitrogen functional groups attached to an aromatic ring is 1. The van der Waals surface area contributed by atoms with E-state index >= 15 is 0 Å². The molecule has 4 heteroatoms. The van der Waals surface area contributed by atoms with E-state index in [1.165, 1.54) is 6.33 Å². The highest BCUT2D eigenvalue weighted by Crippen LogP contribution is 2.15. The lowest BCUT2D eigenvalue weighted by molar-refractivity contribution is 1.17. The minimum absolute atomic E-state index is 0.156. The Bertz CT molecular complexity index is 516. The molecule has 0 aliphatic heterocycles. The molecule has 13 heavy (non-hydrogen) atoms. The van der Waals surface area contributed by atoms with Gasteiger partial charge in [0.15, 0.2) is 0 Å². The molecule has 0 aliphatic carbocycles. The highest BCUT2D eigenvalue weighted by molar-refractivity contribution is 5.82. The van der Waals surface area contributed by atoms with Gasteiger partial charge in [0.1, 0.15) is 0 Å². The van der Waals surface area contributed by atoms with Crippen molar-refractivity contribution in [2.24, 2.45) is 0 Å². The van der Waals surface area contributed by atoms with Gasteiger partial charge in [0.2, 0.25) is 0 Å². The molecule has 1 aromatic carbocycles. The molecular weight excluding hydrogens is 166 g/mol. The molecule has 0 atom stereocenters. The van der Waals surface area contributed by atoms with E-state index in [0.717, 1.165) is 5.56 Å². The number of rotatable bonds is 0. The maximum absolute atomic E-state index is 11.3. The molecule has 0 saturated heterocycles. The van der Waals surface area contributed by atoms with Crippen LogP contribution in [0.2, 0.25) is 0 Å². The van der Waals surface area contributed by atoms with Crippen LogP contribution >= 0.6 is 0 Å². The van der Waals surface area contributed by atoms with Crippen LogP contribution in [0.4, 0.5) is 5.69 Å². The SMILES string of the molecule is Cc1cc2nc[nH]c(=O)c2cc1N. The van der Waals surface area contributed by atoms with Crippen molar-refractivity contribution in [2.75, 3.05) is 5.73 Å². The zero-order valence-corrected chi connectivity index (χ0v) is 7.16. The molecular formula is C9H9N3O. The summed E-state index contributed by atoms with van der Waals surface area (Å²) in [5.41, 5.74) is 7.75. The topological polar surface area (TPSA) is 71.8 Å². The summed E-state index contributed by atoms with van der Waals surface area (Å²) in [6, 6.07) is 3.45. The number of benzene rings is 1. The Morgan fingerprint density at radius 1 is 1.46 bits per heavy atom. The number of hydrogen-bond acceptors (Lipinski definition) is 3. The normalized spacial score (nSPS) is 10.5. The third-order valence-electron chi connectivity index (χ3n) is 2.03. The molecule has 0 radical (unpaired) electrons. The molecule has 1 heterocycles. The number of H-pyrrole nitrogens is 1. The van der Waals surface area contributed by atoms with Gasteiger partial charge in [-0.15, -0.1) is 0 Å². The monoisotopic (exact) mass is 175 g/mol. The second kappa shape index (κ2) is 2.58. The summed E-state index contributed by atoms with van der Waals surface area (Å²) < 4.78 is 0. The van der Waals surface area contributed by atoms with E-state index in [1.807, 2.05) is 6.92 Å². The molecule has 0 amide bonds. The molecule has 0 aliphatic rings. The fourth-order valence-corrected chi connectivity index (χ4v) is 1.24. The van der Waals surface area contributed by atoms with Gasteiger partial charge in [-0.05, 0) is 24.6 Å². The van der Waals surface area contributed by atoms with Gasteiger partial charge in [0.05, 0.1) is 17.2 Å². The van der Waals surface area contributed by atoms with E-state index in [4.69, 9.17) is 5.73 Å². The van der Waals surface area contributed by atoms with Gasteiger partial charge in [0, 0.05) is 5.69 Å². The van der Waals surface area contributed by atoms with Crippen LogP contribution in [0.1, 0.15) is 5.56 Å². The van der Waals surface area contributed by atoms with Crippen LogP contribution in [0.15, 0.2) is 23.3 Å². The van der Waals surface area contributed by atoms with Crippen molar-refractivity contribution in [3.63, 3.8) is 0 Å². The van der Waals surface area contributed by atoms with Gasteiger partial charge in [-0.25, -0.2) is 4.98 Å². The van der Waals surface area contributed by atoms with Gasteiger partial charge < -0.3 is 10.7 Å². The average Bonchev–Trinajstić information content (AvgIpc) is 2.09. The number of aryl methyl sites for hydroxylation is 1. The number of anilines is 1. The van der Waals surface area contributed by atoms with Crippen LogP contribution < -0.4 is 11.3 Å². The smallest absolute Gasteiger partial charge is 0.258 e. The average molecular weight is 175 g/mol. The van der Waals surface area contributed by atoms with Gasteiger partial charge in [-0.1, -0.05) is 0 Å². The molecule has 66 valence electrons. The number of aromatic amines is 1. The number of nitrogens with two attached hydrogens (primary N) is 1. The van der Waals surface area contributed by atoms with Crippen molar-refractivity contribution >= 4 is 16.6 Å². The molecule has 0 fully saturated rings. The van der Waals surface area contributed by atoms with Crippen molar-refractivity contribution in [3.8, 4) is 0 Å². The summed E-state index contributed by atoms with van der Waals surface area (Å²) in [6.07, 6.45) is 1.39. The Morgan fingerprint density at radius 2 is 2.23 bits per heavy atom. The number of aromatic nitrogens is 2. The zero-order valence-electron chi connectivity index (χ0n) is 7.16. The van der Waals surface area contributed by atoms with E-state index in [0.29, 0.717) is 16.6 Å². The molecule has 0 spiro atoms. The van der Waals surface area contributed by atoms with Crippen molar-refractivity contribution in [3.05, 3.63) is 34.4 Å². The predicted molar refractivity (Wildman–Crippen MR) is 51.5 cm³/mol. The van der Waals surface area contributed by atoms with Crippen molar-refractivity contribution in [1.82, 2.24) is 9.97 Å². The minimum atomic E-state index is -0.156. The standard InChI is InChI=1S/C9H9N3O/c1-5-2-8-6(3-7(5)10)9(13)12-4-11-8/h2-4H,10H2,1H3,(H,11,12,13). The van der Waals surface area contributed by atoms with Crippen molar-refractivity contribution in [2.45, 2.75) is 6.92 Å². The van der Waals surface area contributed by atoms with Crippen molar-refractivity contribution in [1.29, 1.82) is 0 Å². The molecule has 0 unspecified atom stereocenters. The minimum Gasteiger partial charge on any atom is -0.398 e. The Morgan fingerprint density at radius 3 is 3.00 bits per heavy atom. The van der Waals surface area contributed by atoms with Gasteiger partial charge in [-0.2, -0.15) is 0 Å². The summed E-state index contributed by atoms with van der Waals surface area (Å²) >= 11 is 0. The number of fused-ring (bicyclic) bond motifs is 1. The number of hydrogen-bond donors (Lipinski definition) is 2. The lowest BCUT2D eigenvalue weighted by Crippen LogP contribution is -2.07. The zero-order chi connectivity index (χ0) is 9.42. The van der Waals surface area contributed by atoms with E-state index in [1.54, 1.807) is 12.1 Å². The lowest BCUT2D eigenvalue weighted by atomic mass is 10.1. The number of nitrogens with zero attached hydrogens (tertiary/aromatic N) is 1. The predicted octanol–water partition coefficient (Wildman–Crippen LogP) is 0.814. The molecule has 0 bridgehead atoms. The summed E-state index contributed by atoms with van der Waals surface area (Å²) in [7, 11) is 0. The van der Waals surface area contributed by atoms with Gasteiger partial charge in [0.25, 0.3) is 5.56 Å². The summed E-state index contributed by atoms with van der Waals surface area (Å²) in [6.45, 7) is 1.89. The molecule has 3 N–H and O–H groups in total. The van der Waals surface area contributed by atoms with Crippen LogP contribution in [0.25, 0.3) is 10.9 Å². The third kappa shape index (κ3) is 1.16. The van der Waals surface area contributed by atoms with Crippen LogP contribution in [0, 0.1) is 6.92 Å². The first-order chi connectivity index (χ1) is 6.18. The Hall–Kier alpha value is -1.84. The third-order valence-corrected chi connectivity index (χ3v) is 2.03. The first-order valence-corrected chi connectivity index (χ1v) is 3.92. The maximum Gasteiger partial charge on any atom is 0.258 e. The number of nitrogens with one attached hydrogen (secondary N) is 1.